The minimum absolute atomic E-state index is 0.260. The highest BCUT2D eigenvalue weighted by atomic mass is 32.2. The summed E-state index contributed by atoms with van der Waals surface area (Å²) in [5.74, 6) is 0.701. The highest BCUT2D eigenvalue weighted by Crippen LogP contribution is 2.24. The quantitative estimate of drug-likeness (QED) is 0.741. The smallest absolute Gasteiger partial charge is 0.243 e. The lowest BCUT2D eigenvalue weighted by atomic mass is 10.2. The summed E-state index contributed by atoms with van der Waals surface area (Å²) in [5.41, 5.74) is 0.822. The van der Waals surface area contributed by atoms with Gasteiger partial charge in [0.2, 0.25) is 10.0 Å². The van der Waals surface area contributed by atoms with Gasteiger partial charge in [0.25, 0.3) is 0 Å². The van der Waals surface area contributed by atoms with Crippen molar-refractivity contribution in [3.63, 3.8) is 0 Å². The number of hydrogen-bond donors (Lipinski definition) is 1. The zero-order valence-electron chi connectivity index (χ0n) is 12.2. The second-order valence-corrected chi connectivity index (χ2v) is 6.35. The molecular weight excluding hydrogens is 276 g/mol. The number of likely N-dealkylation sites (N-methyl/N-ethyl adjacent to an activating group) is 1. The van der Waals surface area contributed by atoms with Crippen LogP contribution in [0.3, 0.4) is 0 Å². The fourth-order valence-corrected chi connectivity index (χ4v) is 2.99. The second-order valence-electron chi connectivity index (χ2n) is 4.31. The number of hydrogen-bond acceptors (Lipinski definition) is 4. The van der Waals surface area contributed by atoms with E-state index in [-0.39, 0.29) is 11.4 Å². The fraction of sp³-hybridized carbons (Fsp3) is 0.429. The molecule has 1 aromatic carbocycles. The molecule has 1 rings (SSSR count). The van der Waals surface area contributed by atoms with Crippen LogP contribution in [-0.2, 0) is 16.6 Å². The van der Waals surface area contributed by atoms with Crippen LogP contribution in [-0.4, -0.2) is 40.0 Å². The number of nitrogens with zero attached hydrogens (tertiary/aromatic N) is 1. The molecular formula is C14H22N2O3S. The van der Waals surface area contributed by atoms with Crippen LogP contribution in [0, 0.1) is 0 Å². The summed E-state index contributed by atoms with van der Waals surface area (Å²) in [4.78, 5) is 0.260. The molecule has 0 atom stereocenters. The van der Waals surface area contributed by atoms with E-state index in [0.29, 0.717) is 18.9 Å². The summed E-state index contributed by atoms with van der Waals surface area (Å²) >= 11 is 0. The van der Waals surface area contributed by atoms with Gasteiger partial charge in [0.1, 0.15) is 5.75 Å². The van der Waals surface area contributed by atoms with Crippen LogP contribution in [0.5, 0.6) is 5.75 Å². The summed E-state index contributed by atoms with van der Waals surface area (Å²) in [6.45, 7) is 6.81. The zero-order chi connectivity index (χ0) is 15.2. The number of sulfonamides is 1. The van der Waals surface area contributed by atoms with Crippen LogP contribution in [0.25, 0.3) is 0 Å². The Labute approximate surface area is 121 Å². The van der Waals surface area contributed by atoms with Crippen molar-refractivity contribution in [2.45, 2.75) is 18.4 Å². The van der Waals surface area contributed by atoms with E-state index in [2.05, 4.69) is 11.9 Å². The van der Waals surface area contributed by atoms with Crippen LogP contribution >= 0.6 is 0 Å². The molecule has 0 saturated heterocycles. The Balaban J connectivity index is 3.19. The van der Waals surface area contributed by atoms with Gasteiger partial charge in [0.05, 0.1) is 11.5 Å². The van der Waals surface area contributed by atoms with Crippen LogP contribution in [0.1, 0.15) is 12.5 Å². The molecule has 5 nitrogen and oxygen atoms in total. The molecule has 0 radical (unpaired) electrons. The number of ether oxygens (including phenoxy) is 1. The van der Waals surface area contributed by atoms with Crippen LogP contribution in [0.4, 0.5) is 0 Å². The molecule has 0 fully saturated rings. The van der Waals surface area contributed by atoms with E-state index in [1.807, 2.05) is 6.92 Å². The van der Waals surface area contributed by atoms with Gasteiger partial charge < -0.3 is 10.1 Å². The maximum atomic E-state index is 12.4. The Bertz CT molecular complexity index is 556. The summed E-state index contributed by atoms with van der Waals surface area (Å²) in [5, 5.41) is 3.01. The predicted octanol–water partition coefficient (Wildman–Crippen LogP) is 1.61. The lowest BCUT2D eigenvalue weighted by Crippen LogP contribution is -2.27. The van der Waals surface area contributed by atoms with E-state index in [0.717, 1.165) is 5.56 Å². The van der Waals surface area contributed by atoms with Crippen molar-refractivity contribution in [3.8, 4) is 5.75 Å². The molecule has 0 aliphatic rings. The summed E-state index contributed by atoms with van der Waals surface area (Å²) in [6.07, 6.45) is 1.56. The third kappa shape index (κ3) is 3.82. The Hall–Kier alpha value is -1.37. The average molecular weight is 298 g/mol. The van der Waals surface area contributed by atoms with Gasteiger partial charge in [-0.25, -0.2) is 8.42 Å². The Morgan fingerprint density at radius 2 is 2.15 bits per heavy atom. The maximum Gasteiger partial charge on any atom is 0.243 e. The van der Waals surface area contributed by atoms with E-state index in [1.54, 1.807) is 31.3 Å². The minimum Gasteiger partial charge on any atom is -0.494 e. The lowest BCUT2D eigenvalue weighted by Gasteiger charge is -2.17. The Morgan fingerprint density at radius 1 is 1.45 bits per heavy atom. The first-order valence-electron chi connectivity index (χ1n) is 6.45. The first-order chi connectivity index (χ1) is 9.47. The van der Waals surface area contributed by atoms with Crippen molar-refractivity contribution in [2.24, 2.45) is 0 Å². The standard InChI is InChI=1S/C14H22N2O3S/c1-5-9-16(4)20(17,18)13-7-8-14(19-6-2)12(10-13)11-15-3/h5,7-8,10,15H,1,6,9,11H2,2-4H3. The van der Waals surface area contributed by atoms with E-state index in [4.69, 9.17) is 4.74 Å². The van der Waals surface area contributed by atoms with Crippen molar-refractivity contribution in [1.82, 2.24) is 9.62 Å². The van der Waals surface area contributed by atoms with Crippen LogP contribution < -0.4 is 10.1 Å². The van der Waals surface area contributed by atoms with Crippen molar-refractivity contribution in [2.75, 3.05) is 27.2 Å². The maximum absolute atomic E-state index is 12.4. The van der Waals surface area contributed by atoms with Crippen LogP contribution in [0.2, 0.25) is 0 Å². The van der Waals surface area contributed by atoms with Gasteiger partial charge in [-0.2, -0.15) is 4.31 Å². The molecule has 0 aliphatic carbocycles. The van der Waals surface area contributed by atoms with E-state index in [9.17, 15) is 8.42 Å². The second kappa shape index (κ2) is 7.42. The molecule has 20 heavy (non-hydrogen) atoms. The SMILES string of the molecule is C=CCN(C)S(=O)(=O)c1ccc(OCC)c(CNC)c1. The predicted molar refractivity (Wildman–Crippen MR) is 80.4 cm³/mol. The first-order valence-corrected chi connectivity index (χ1v) is 7.89. The van der Waals surface area contributed by atoms with E-state index >= 15 is 0 Å². The molecule has 112 valence electrons. The molecule has 0 aromatic heterocycles. The average Bonchev–Trinajstić information content (AvgIpc) is 2.41. The normalized spacial score (nSPS) is 11.6. The fourth-order valence-electron chi connectivity index (χ4n) is 1.80. The molecule has 0 aliphatic heterocycles. The Morgan fingerprint density at radius 3 is 2.70 bits per heavy atom. The van der Waals surface area contributed by atoms with Gasteiger partial charge in [0.15, 0.2) is 0 Å². The summed E-state index contributed by atoms with van der Waals surface area (Å²) in [7, 11) is -0.156. The number of rotatable bonds is 8. The molecule has 0 bridgehead atoms. The third-order valence-corrected chi connectivity index (χ3v) is 4.61. The summed E-state index contributed by atoms with van der Waals surface area (Å²) in [6, 6.07) is 4.92. The zero-order valence-corrected chi connectivity index (χ0v) is 13.0. The van der Waals surface area contributed by atoms with Crippen molar-refractivity contribution in [3.05, 3.63) is 36.4 Å². The molecule has 6 heteroatoms. The molecule has 0 heterocycles. The molecule has 0 unspecified atom stereocenters. The van der Waals surface area contributed by atoms with Gasteiger partial charge in [-0.1, -0.05) is 6.08 Å². The topological polar surface area (TPSA) is 58.6 Å². The monoisotopic (exact) mass is 298 g/mol. The van der Waals surface area contributed by atoms with Crippen LogP contribution in [0.15, 0.2) is 35.7 Å². The van der Waals surface area contributed by atoms with E-state index in [1.165, 1.54) is 11.4 Å². The van der Waals surface area contributed by atoms with Crippen molar-refractivity contribution in [1.29, 1.82) is 0 Å². The van der Waals surface area contributed by atoms with Gasteiger partial charge in [0, 0.05) is 25.7 Å². The first kappa shape index (κ1) is 16.7. The largest absolute Gasteiger partial charge is 0.494 e. The third-order valence-electron chi connectivity index (χ3n) is 2.79. The summed E-state index contributed by atoms with van der Waals surface area (Å²) < 4.78 is 31.5. The van der Waals surface area contributed by atoms with Crippen molar-refractivity contribution >= 4 is 10.0 Å². The van der Waals surface area contributed by atoms with Gasteiger partial charge >= 0.3 is 0 Å². The lowest BCUT2D eigenvalue weighted by molar-refractivity contribution is 0.335. The Kier molecular flexibility index (Phi) is 6.19. The van der Waals surface area contributed by atoms with Gasteiger partial charge in [-0.3, -0.25) is 0 Å². The number of benzene rings is 1. The molecule has 0 saturated carbocycles. The van der Waals surface area contributed by atoms with Crippen molar-refractivity contribution < 1.29 is 13.2 Å². The highest BCUT2D eigenvalue weighted by molar-refractivity contribution is 7.89. The minimum atomic E-state index is -3.49. The van der Waals surface area contributed by atoms with E-state index < -0.39 is 10.0 Å². The van der Waals surface area contributed by atoms with Gasteiger partial charge in [-0.05, 0) is 32.2 Å². The molecule has 0 spiro atoms. The molecule has 0 amide bonds. The molecule has 1 N–H and O–H groups in total. The van der Waals surface area contributed by atoms with Gasteiger partial charge in [-0.15, -0.1) is 6.58 Å². The number of nitrogens with one attached hydrogen (secondary N) is 1. The molecule has 1 aromatic rings. The highest BCUT2D eigenvalue weighted by Gasteiger charge is 2.21.